The minimum absolute atomic E-state index is 0.196. The maximum Gasteiger partial charge on any atom is 0.250 e. The Bertz CT molecular complexity index is 624. The topological polar surface area (TPSA) is 105 Å². The van der Waals surface area contributed by atoms with Crippen LogP contribution in [0, 0.1) is 11.3 Å². The first-order valence-corrected chi connectivity index (χ1v) is 6.19. The zero-order chi connectivity index (χ0) is 14.8. The van der Waals surface area contributed by atoms with E-state index in [2.05, 4.69) is 11.4 Å². The van der Waals surface area contributed by atoms with Crippen LogP contribution in [0.5, 0.6) is 0 Å². The van der Waals surface area contributed by atoms with Gasteiger partial charge in [0.2, 0.25) is 0 Å². The van der Waals surface area contributed by atoms with Gasteiger partial charge in [0, 0.05) is 18.7 Å². The Balaban J connectivity index is 2.33. The van der Waals surface area contributed by atoms with Gasteiger partial charge in [-0.05, 0) is 17.7 Å². The molecule has 5 heteroatoms. The molecular formula is C15H16N4O. The molecule has 2 atom stereocenters. The van der Waals surface area contributed by atoms with Crippen LogP contribution in [0.15, 0.2) is 48.1 Å². The van der Waals surface area contributed by atoms with Crippen LogP contribution >= 0.6 is 0 Å². The first-order chi connectivity index (χ1) is 9.51. The normalized spacial score (nSPS) is 24.7. The van der Waals surface area contributed by atoms with Gasteiger partial charge in [-0.15, -0.1) is 0 Å². The summed E-state index contributed by atoms with van der Waals surface area (Å²) in [7, 11) is 1.56. The number of nitrogens with two attached hydrogens (primary N) is 2. The zero-order valence-corrected chi connectivity index (χ0v) is 11.1. The fraction of sp³-hybridized carbons (Fsp3) is 0.200. The van der Waals surface area contributed by atoms with E-state index in [0.717, 1.165) is 5.56 Å². The second kappa shape index (κ2) is 5.29. The van der Waals surface area contributed by atoms with Gasteiger partial charge in [-0.1, -0.05) is 30.4 Å². The van der Waals surface area contributed by atoms with Crippen molar-refractivity contribution in [2.75, 3.05) is 7.05 Å². The Morgan fingerprint density at radius 3 is 2.55 bits per heavy atom. The summed E-state index contributed by atoms with van der Waals surface area (Å²) in [6.45, 7) is 0. The van der Waals surface area contributed by atoms with E-state index in [4.69, 9.17) is 16.7 Å². The first kappa shape index (κ1) is 14.0. The van der Waals surface area contributed by atoms with Gasteiger partial charge in [-0.3, -0.25) is 4.79 Å². The van der Waals surface area contributed by atoms with E-state index in [1.807, 2.05) is 0 Å². The summed E-state index contributed by atoms with van der Waals surface area (Å²) in [5, 5.41) is 11.4. The largest absolute Gasteiger partial charge is 0.355 e. The summed E-state index contributed by atoms with van der Waals surface area (Å²) in [6.07, 6.45) is 5.04. The molecule has 1 amide bonds. The summed E-state index contributed by atoms with van der Waals surface area (Å²) in [6, 6.07) is 8.49. The molecule has 20 heavy (non-hydrogen) atoms. The highest BCUT2D eigenvalue weighted by molar-refractivity contribution is 5.96. The van der Waals surface area contributed by atoms with Gasteiger partial charge in [-0.2, -0.15) is 5.26 Å². The minimum atomic E-state index is -0.883. The summed E-state index contributed by atoms with van der Waals surface area (Å²) in [4.78, 5) is 11.6. The SMILES string of the molecule is CNC(=O)C1=CC(N)C(N)(c2ccc(C#N)cc2)C=C1. The van der Waals surface area contributed by atoms with Crippen molar-refractivity contribution >= 4 is 5.91 Å². The third-order valence-corrected chi connectivity index (χ3v) is 3.45. The predicted molar refractivity (Wildman–Crippen MR) is 76.3 cm³/mol. The maximum atomic E-state index is 11.6. The molecule has 0 fully saturated rings. The maximum absolute atomic E-state index is 11.6. The molecule has 2 unspecified atom stereocenters. The lowest BCUT2D eigenvalue weighted by atomic mass is 9.79. The Morgan fingerprint density at radius 2 is 2.05 bits per heavy atom. The molecule has 0 spiro atoms. The summed E-state index contributed by atoms with van der Waals surface area (Å²) >= 11 is 0. The van der Waals surface area contributed by atoms with Crippen molar-refractivity contribution in [3.8, 4) is 6.07 Å². The van der Waals surface area contributed by atoms with E-state index in [-0.39, 0.29) is 5.91 Å². The number of likely N-dealkylation sites (N-methyl/N-ethyl adjacent to an activating group) is 1. The van der Waals surface area contributed by atoms with Gasteiger partial charge >= 0.3 is 0 Å². The van der Waals surface area contributed by atoms with E-state index in [0.29, 0.717) is 11.1 Å². The standard InChI is InChI=1S/C15H16N4O/c1-19-14(20)11-6-7-15(18,13(17)8-11)12-4-2-10(9-16)3-5-12/h2-8,13H,17-18H2,1H3,(H,19,20). The van der Waals surface area contributed by atoms with Crippen LogP contribution in [0.3, 0.4) is 0 Å². The molecule has 2 rings (SSSR count). The van der Waals surface area contributed by atoms with Crippen molar-refractivity contribution in [3.05, 3.63) is 59.2 Å². The van der Waals surface area contributed by atoms with Gasteiger partial charge in [0.15, 0.2) is 0 Å². The van der Waals surface area contributed by atoms with E-state index in [9.17, 15) is 4.79 Å². The van der Waals surface area contributed by atoms with E-state index in [1.54, 1.807) is 49.5 Å². The second-order valence-electron chi connectivity index (χ2n) is 4.68. The van der Waals surface area contributed by atoms with Crippen LogP contribution in [0.2, 0.25) is 0 Å². The molecule has 1 aliphatic rings. The number of rotatable bonds is 2. The average molecular weight is 268 g/mol. The van der Waals surface area contributed by atoms with Crippen LogP contribution in [0.4, 0.5) is 0 Å². The Morgan fingerprint density at radius 1 is 1.40 bits per heavy atom. The number of hydrogen-bond acceptors (Lipinski definition) is 4. The minimum Gasteiger partial charge on any atom is -0.355 e. The van der Waals surface area contributed by atoms with Crippen LogP contribution < -0.4 is 16.8 Å². The number of hydrogen-bond donors (Lipinski definition) is 3. The summed E-state index contributed by atoms with van der Waals surface area (Å²) in [5.74, 6) is -0.196. The molecule has 1 aromatic rings. The molecule has 1 aliphatic carbocycles. The molecule has 0 radical (unpaired) electrons. The fourth-order valence-corrected chi connectivity index (χ4v) is 2.14. The van der Waals surface area contributed by atoms with Gasteiger partial charge in [0.05, 0.1) is 17.2 Å². The Hall–Kier alpha value is -2.42. The van der Waals surface area contributed by atoms with Crippen LogP contribution in [-0.2, 0) is 10.3 Å². The number of amides is 1. The van der Waals surface area contributed by atoms with Gasteiger partial charge < -0.3 is 16.8 Å². The van der Waals surface area contributed by atoms with E-state index in [1.165, 1.54) is 0 Å². The third-order valence-electron chi connectivity index (χ3n) is 3.45. The lowest BCUT2D eigenvalue weighted by Crippen LogP contribution is -2.51. The quantitative estimate of drug-likeness (QED) is 0.716. The summed E-state index contributed by atoms with van der Waals surface area (Å²) in [5.41, 5.74) is 13.4. The fourth-order valence-electron chi connectivity index (χ4n) is 2.14. The van der Waals surface area contributed by atoms with Gasteiger partial charge in [-0.25, -0.2) is 0 Å². The van der Waals surface area contributed by atoms with Crippen molar-refractivity contribution in [2.45, 2.75) is 11.6 Å². The molecule has 1 aromatic carbocycles. The zero-order valence-electron chi connectivity index (χ0n) is 11.1. The number of nitrogens with one attached hydrogen (secondary N) is 1. The number of carbonyl (C=O) groups excluding carboxylic acids is 1. The predicted octanol–water partition coefficient (Wildman–Crippen LogP) is 0.282. The van der Waals surface area contributed by atoms with Crippen LogP contribution in [0.25, 0.3) is 0 Å². The third kappa shape index (κ3) is 2.35. The van der Waals surface area contributed by atoms with Crippen molar-refractivity contribution < 1.29 is 4.79 Å². The number of benzene rings is 1. The smallest absolute Gasteiger partial charge is 0.250 e. The van der Waals surface area contributed by atoms with Crippen molar-refractivity contribution in [1.29, 1.82) is 5.26 Å². The molecule has 0 aromatic heterocycles. The van der Waals surface area contributed by atoms with Crippen molar-refractivity contribution in [2.24, 2.45) is 11.5 Å². The lowest BCUT2D eigenvalue weighted by Gasteiger charge is -2.34. The Labute approximate surface area is 117 Å². The highest BCUT2D eigenvalue weighted by Crippen LogP contribution is 2.28. The van der Waals surface area contributed by atoms with Crippen molar-refractivity contribution in [3.63, 3.8) is 0 Å². The van der Waals surface area contributed by atoms with E-state index < -0.39 is 11.6 Å². The first-order valence-electron chi connectivity index (χ1n) is 6.19. The second-order valence-corrected chi connectivity index (χ2v) is 4.68. The molecule has 5 nitrogen and oxygen atoms in total. The molecule has 5 N–H and O–H groups in total. The molecule has 0 saturated heterocycles. The van der Waals surface area contributed by atoms with Gasteiger partial charge in [0.1, 0.15) is 0 Å². The monoisotopic (exact) mass is 268 g/mol. The van der Waals surface area contributed by atoms with Gasteiger partial charge in [0.25, 0.3) is 5.91 Å². The lowest BCUT2D eigenvalue weighted by molar-refractivity contribution is -0.116. The van der Waals surface area contributed by atoms with Crippen LogP contribution in [-0.4, -0.2) is 19.0 Å². The molecule has 0 saturated carbocycles. The number of nitrogens with zero attached hydrogens (tertiary/aromatic N) is 1. The average Bonchev–Trinajstić information content (AvgIpc) is 2.49. The number of nitriles is 1. The summed E-state index contributed by atoms with van der Waals surface area (Å²) < 4.78 is 0. The molecule has 0 aliphatic heterocycles. The molecule has 0 bridgehead atoms. The van der Waals surface area contributed by atoms with Crippen molar-refractivity contribution in [1.82, 2.24) is 5.32 Å². The van der Waals surface area contributed by atoms with E-state index >= 15 is 0 Å². The molecule has 102 valence electrons. The molecular weight excluding hydrogens is 252 g/mol. The van der Waals surface area contributed by atoms with Crippen LogP contribution in [0.1, 0.15) is 11.1 Å². The highest BCUT2D eigenvalue weighted by atomic mass is 16.1. The highest BCUT2D eigenvalue weighted by Gasteiger charge is 2.33. The Kier molecular flexibility index (Phi) is 3.70. The number of carbonyl (C=O) groups is 1. The molecule has 0 heterocycles.